The predicted molar refractivity (Wildman–Crippen MR) is 192 cm³/mol. The number of hydrogen-bond donors (Lipinski definition) is 6. The van der Waals surface area contributed by atoms with Crippen molar-refractivity contribution in [3.8, 4) is 0 Å². The Kier molecular flexibility index (Phi) is 9.44. The van der Waals surface area contributed by atoms with Gasteiger partial charge in [-0.1, -0.05) is 36.5 Å². The minimum Gasteiger partial charge on any atom is -0.507 e. The first-order chi connectivity index (χ1) is 24.6. The van der Waals surface area contributed by atoms with E-state index in [0.717, 1.165) is 0 Å². The SMILES string of the molecule is O=C(Nc1ccc(C(=O)N=C2C=C(O)C3=CC=CC(S(=O)(=O)O)C3=C2)cc1)Nc1ccc(C(=O)N=C2C=C(O)C3=CC=CC(S(=O)(=O)O)C3=C2)cc1. The lowest BCUT2D eigenvalue weighted by Crippen LogP contribution is -2.26. The fourth-order valence-electron chi connectivity index (χ4n) is 5.53. The number of carbonyl (C=O) groups is 3. The molecule has 6 N–H and O–H groups in total. The first-order valence-corrected chi connectivity index (χ1v) is 18.1. The number of carbonyl (C=O) groups excluding carboxylic acids is 3. The summed E-state index contributed by atoms with van der Waals surface area (Å²) in [7, 11) is -9.09. The molecule has 0 radical (unpaired) electrons. The summed E-state index contributed by atoms with van der Waals surface area (Å²) in [5, 5.41) is 23.1. The van der Waals surface area contributed by atoms with Crippen LogP contribution in [0.2, 0.25) is 0 Å². The van der Waals surface area contributed by atoms with Crippen molar-refractivity contribution < 1.29 is 50.5 Å². The van der Waals surface area contributed by atoms with E-state index in [9.17, 15) is 50.5 Å². The van der Waals surface area contributed by atoms with Crippen LogP contribution < -0.4 is 10.6 Å². The Bertz CT molecular complexity index is 2290. The number of urea groups is 1. The van der Waals surface area contributed by atoms with E-state index in [2.05, 4.69) is 20.6 Å². The lowest BCUT2D eigenvalue weighted by Gasteiger charge is -2.23. The maximum atomic E-state index is 12.8. The van der Waals surface area contributed by atoms with E-state index >= 15 is 0 Å². The molecule has 0 heterocycles. The van der Waals surface area contributed by atoms with Crippen molar-refractivity contribution in [1.82, 2.24) is 0 Å². The van der Waals surface area contributed by atoms with Gasteiger partial charge in [-0.3, -0.25) is 18.7 Å². The van der Waals surface area contributed by atoms with Crippen LogP contribution in [0.25, 0.3) is 0 Å². The maximum Gasteiger partial charge on any atom is 0.323 e. The number of allylic oxidation sites excluding steroid dienone is 10. The standard InChI is InChI=1S/C35H26N4O11S2/c40-29-17-23(15-27-25(29)3-1-5-31(27)51(45,46)47)36-33(42)19-7-11-21(12-8-19)38-35(44)39-22-13-9-20(10-14-22)34(43)37-24-16-28-26(30(41)18-24)4-2-6-32(28)52(48,49)50/h1-18,31-32,40-41H,(H2,38,39,44)(H,45,46,47)(H,48,49,50). The van der Waals surface area contributed by atoms with E-state index in [1.807, 2.05) is 0 Å². The second-order valence-corrected chi connectivity index (χ2v) is 14.6. The summed E-state index contributed by atoms with van der Waals surface area (Å²) in [5.74, 6) is -2.11. The number of fused-ring (bicyclic) bond motifs is 2. The van der Waals surface area contributed by atoms with Crippen molar-refractivity contribution in [1.29, 1.82) is 0 Å². The zero-order valence-corrected chi connectivity index (χ0v) is 28.0. The van der Waals surface area contributed by atoms with Crippen molar-refractivity contribution in [3.63, 3.8) is 0 Å². The molecule has 4 aliphatic carbocycles. The fraction of sp³-hybridized carbons (Fsp3) is 0.0571. The number of aliphatic hydroxyl groups is 2. The molecule has 2 atom stereocenters. The van der Waals surface area contributed by atoms with Crippen LogP contribution in [0.1, 0.15) is 20.7 Å². The van der Waals surface area contributed by atoms with Crippen LogP contribution in [-0.2, 0) is 20.2 Å². The summed E-state index contributed by atoms with van der Waals surface area (Å²) in [6.07, 6.45) is 13.1. The van der Waals surface area contributed by atoms with Crippen LogP contribution in [0, 0.1) is 0 Å². The summed E-state index contributed by atoms with van der Waals surface area (Å²) in [5.41, 5.74) is 1.23. The third-order valence-electron chi connectivity index (χ3n) is 7.94. The molecule has 2 unspecified atom stereocenters. The van der Waals surface area contributed by atoms with E-state index in [0.29, 0.717) is 11.4 Å². The van der Waals surface area contributed by atoms with Crippen LogP contribution in [0.15, 0.2) is 153 Å². The van der Waals surface area contributed by atoms with Crippen molar-refractivity contribution in [3.05, 3.63) is 154 Å². The molecule has 4 aliphatic rings. The number of nitrogens with zero attached hydrogens (tertiary/aromatic N) is 2. The first kappa shape index (κ1) is 35.6. The second-order valence-electron chi connectivity index (χ2n) is 11.5. The second kappa shape index (κ2) is 13.8. The van der Waals surface area contributed by atoms with Crippen molar-refractivity contribution >= 4 is 60.9 Å². The summed E-state index contributed by atoms with van der Waals surface area (Å²) in [6.45, 7) is 0. The predicted octanol–water partition coefficient (Wildman–Crippen LogP) is 4.76. The number of anilines is 2. The van der Waals surface area contributed by atoms with Crippen LogP contribution in [0.4, 0.5) is 16.2 Å². The van der Waals surface area contributed by atoms with Gasteiger partial charge in [-0.15, -0.1) is 0 Å². The Hall–Kier alpha value is -6.27. The molecular weight excluding hydrogens is 717 g/mol. The Morgan fingerprint density at radius 2 is 0.942 bits per heavy atom. The Morgan fingerprint density at radius 3 is 1.29 bits per heavy atom. The van der Waals surface area contributed by atoms with Gasteiger partial charge in [-0.2, -0.15) is 16.8 Å². The summed E-state index contributed by atoms with van der Waals surface area (Å²) >= 11 is 0. The van der Waals surface area contributed by atoms with Gasteiger partial charge in [0.1, 0.15) is 22.0 Å². The Labute approximate surface area is 296 Å². The topological polar surface area (TPSA) is 249 Å². The number of rotatable bonds is 6. The molecule has 0 saturated carbocycles. The smallest absolute Gasteiger partial charge is 0.323 e. The molecule has 0 fully saturated rings. The van der Waals surface area contributed by atoms with Crippen LogP contribution >= 0.6 is 0 Å². The molecule has 4 amide bonds. The molecule has 17 heteroatoms. The summed E-state index contributed by atoms with van der Waals surface area (Å²) in [4.78, 5) is 46.2. The maximum absolute atomic E-state index is 12.8. The monoisotopic (exact) mass is 742 g/mol. The van der Waals surface area contributed by atoms with Gasteiger partial charge in [0.2, 0.25) is 0 Å². The van der Waals surface area contributed by atoms with Gasteiger partial charge < -0.3 is 20.8 Å². The molecule has 2 aromatic rings. The van der Waals surface area contributed by atoms with Gasteiger partial charge in [-0.25, -0.2) is 14.8 Å². The number of aliphatic hydroxyl groups excluding tert-OH is 2. The Balaban J connectivity index is 1.07. The average molecular weight is 743 g/mol. The van der Waals surface area contributed by atoms with Crippen LogP contribution in [-0.4, -0.2) is 75.9 Å². The molecule has 0 aromatic heterocycles. The molecule has 52 heavy (non-hydrogen) atoms. The number of nitrogens with one attached hydrogen (secondary N) is 2. The lowest BCUT2D eigenvalue weighted by atomic mass is 9.90. The molecule has 6 rings (SSSR count). The lowest BCUT2D eigenvalue weighted by molar-refractivity contribution is 0.0995. The highest BCUT2D eigenvalue weighted by Gasteiger charge is 2.33. The van der Waals surface area contributed by atoms with Crippen molar-refractivity contribution in [2.24, 2.45) is 9.98 Å². The molecule has 2 aromatic carbocycles. The van der Waals surface area contributed by atoms with E-state index in [1.165, 1.54) is 109 Å². The number of aliphatic imine (C=N–C) groups is 2. The largest absolute Gasteiger partial charge is 0.507 e. The number of amides is 4. The minimum atomic E-state index is -4.54. The van der Waals surface area contributed by atoms with Gasteiger partial charge in [-0.05, 0) is 71.8 Å². The first-order valence-electron chi connectivity index (χ1n) is 15.1. The number of benzene rings is 2. The third-order valence-corrected chi connectivity index (χ3v) is 10.0. The van der Waals surface area contributed by atoms with Gasteiger partial charge in [0.15, 0.2) is 0 Å². The van der Waals surface area contributed by atoms with Gasteiger partial charge in [0, 0.05) is 45.8 Å². The molecule has 0 saturated heterocycles. The van der Waals surface area contributed by atoms with Crippen molar-refractivity contribution in [2.45, 2.75) is 10.5 Å². The van der Waals surface area contributed by atoms with E-state index in [1.54, 1.807) is 0 Å². The van der Waals surface area contributed by atoms with E-state index in [4.69, 9.17) is 0 Å². The highest BCUT2D eigenvalue weighted by Crippen LogP contribution is 2.33. The molecule has 15 nitrogen and oxygen atoms in total. The highest BCUT2D eigenvalue weighted by atomic mass is 32.2. The Morgan fingerprint density at radius 1 is 0.577 bits per heavy atom. The van der Waals surface area contributed by atoms with E-state index < -0.39 is 48.6 Å². The normalized spacial score (nSPS) is 21.0. The van der Waals surface area contributed by atoms with E-state index in [-0.39, 0.29) is 56.4 Å². The quantitative estimate of drug-likeness (QED) is 0.220. The molecular formula is C35H26N4O11S2. The van der Waals surface area contributed by atoms with Crippen molar-refractivity contribution in [2.75, 3.05) is 10.6 Å². The molecule has 264 valence electrons. The van der Waals surface area contributed by atoms with Gasteiger partial charge in [0.05, 0.1) is 11.4 Å². The molecule has 0 spiro atoms. The third kappa shape index (κ3) is 7.72. The van der Waals surface area contributed by atoms with Gasteiger partial charge >= 0.3 is 6.03 Å². The summed E-state index contributed by atoms with van der Waals surface area (Å²) < 4.78 is 66.5. The zero-order valence-electron chi connectivity index (χ0n) is 26.4. The van der Waals surface area contributed by atoms with Gasteiger partial charge in [0.25, 0.3) is 32.1 Å². The van der Waals surface area contributed by atoms with Crippen LogP contribution in [0.5, 0.6) is 0 Å². The van der Waals surface area contributed by atoms with Crippen LogP contribution in [0.3, 0.4) is 0 Å². The average Bonchev–Trinajstić information content (AvgIpc) is 3.07. The zero-order chi connectivity index (χ0) is 37.4. The molecule has 0 bridgehead atoms. The molecule has 0 aliphatic heterocycles. The fourth-order valence-corrected chi connectivity index (χ4v) is 7.14. The minimum absolute atomic E-state index is 0.0373. The highest BCUT2D eigenvalue weighted by molar-refractivity contribution is 7.87. The number of hydrogen-bond acceptors (Lipinski definition) is 9. The summed E-state index contributed by atoms with van der Waals surface area (Å²) in [6, 6.07) is 10.7.